The summed E-state index contributed by atoms with van der Waals surface area (Å²) in [6.07, 6.45) is 2.16. The van der Waals surface area contributed by atoms with E-state index in [1.165, 1.54) is 0 Å². The van der Waals surface area contributed by atoms with E-state index >= 15 is 0 Å². The van der Waals surface area contributed by atoms with Crippen molar-refractivity contribution in [3.8, 4) is 0 Å². The van der Waals surface area contributed by atoms with E-state index in [0.717, 1.165) is 16.5 Å². The predicted octanol–water partition coefficient (Wildman–Crippen LogP) is 1.91. The van der Waals surface area contributed by atoms with E-state index in [9.17, 15) is 9.59 Å². The second-order valence-electron chi connectivity index (χ2n) is 5.24. The molecule has 0 spiro atoms. The summed E-state index contributed by atoms with van der Waals surface area (Å²) >= 11 is 0. The molecule has 2 aromatic carbocycles. The number of H-pyrrole nitrogens is 1. The van der Waals surface area contributed by atoms with Crippen LogP contribution in [0.5, 0.6) is 0 Å². The third kappa shape index (κ3) is 4.44. The minimum absolute atomic E-state index is 0.347. The van der Waals surface area contributed by atoms with Gasteiger partial charge in [0, 0.05) is 29.1 Å². The third-order valence-electron chi connectivity index (χ3n) is 3.49. The van der Waals surface area contributed by atoms with Crippen LogP contribution in [0.1, 0.15) is 15.9 Å². The van der Waals surface area contributed by atoms with Crippen molar-refractivity contribution in [2.45, 2.75) is 12.5 Å². The lowest BCUT2D eigenvalue weighted by Crippen LogP contribution is -2.32. The van der Waals surface area contributed by atoms with Gasteiger partial charge in [0.1, 0.15) is 6.04 Å². The number of nitrogens with two attached hydrogens (primary N) is 2. The molecule has 6 heteroatoms. The van der Waals surface area contributed by atoms with Crippen molar-refractivity contribution in [2.24, 2.45) is 11.5 Å². The van der Waals surface area contributed by atoms with Gasteiger partial charge in [-0.15, -0.1) is 0 Å². The number of aromatic amines is 1. The maximum absolute atomic E-state index is 10.6. The lowest BCUT2D eigenvalue weighted by Gasteiger charge is -2.04. The van der Waals surface area contributed by atoms with E-state index in [1.807, 2.05) is 36.5 Å². The first-order valence-corrected chi connectivity index (χ1v) is 7.37. The third-order valence-corrected chi connectivity index (χ3v) is 3.49. The molecule has 3 aromatic rings. The zero-order chi connectivity index (χ0) is 17.5. The van der Waals surface area contributed by atoms with Gasteiger partial charge in [-0.25, -0.2) is 0 Å². The van der Waals surface area contributed by atoms with Gasteiger partial charge in [-0.2, -0.15) is 0 Å². The summed E-state index contributed by atoms with van der Waals surface area (Å²) in [4.78, 5) is 24.1. The van der Waals surface area contributed by atoms with Crippen molar-refractivity contribution in [1.82, 2.24) is 4.98 Å². The summed E-state index contributed by atoms with van der Waals surface area (Å²) in [5.41, 5.74) is 13.0. The summed E-state index contributed by atoms with van der Waals surface area (Å²) in [7, 11) is 0. The summed E-state index contributed by atoms with van der Waals surface area (Å²) in [5, 5.41) is 9.75. The maximum atomic E-state index is 10.6. The van der Waals surface area contributed by atoms with Crippen molar-refractivity contribution in [1.29, 1.82) is 0 Å². The van der Waals surface area contributed by atoms with Gasteiger partial charge in [0.05, 0.1) is 0 Å². The van der Waals surface area contributed by atoms with Gasteiger partial charge in [-0.05, 0) is 23.8 Å². The van der Waals surface area contributed by atoms with Crippen molar-refractivity contribution >= 4 is 22.8 Å². The number of carbonyl (C=O) groups is 2. The lowest BCUT2D eigenvalue weighted by molar-refractivity contribution is -0.138. The normalized spacial score (nSPS) is 11.4. The van der Waals surface area contributed by atoms with Gasteiger partial charge in [-0.1, -0.05) is 36.4 Å². The zero-order valence-electron chi connectivity index (χ0n) is 13.0. The van der Waals surface area contributed by atoms with E-state index in [2.05, 4.69) is 4.98 Å². The molecule has 0 bridgehead atoms. The van der Waals surface area contributed by atoms with E-state index in [-0.39, 0.29) is 5.91 Å². The summed E-state index contributed by atoms with van der Waals surface area (Å²) in [6, 6.07) is 15.7. The molecule has 0 saturated heterocycles. The van der Waals surface area contributed by atoms with Crippen LogP contribution >= 0.6 is 0 Å². The number of carbonyl (C=O) groups excluding carboxylic acids is 1. The molecule has 1 aromatic heterocycles. The highest BCUT2D eigenvalue weighted by Crippen LogP contribution is 2.18. The molecule has 124 valence electrons. The summed E-state index contributed by atoms with van der Waals surface area (Å²) in [6.45, 7) is 0. The Balaban J connectivity index is 0.000000198. The Morgan fingerprint density at radius 1 is 1.04 bits per heavy atom. The molecule has 6 nitrogen and oxygen atoms in total. The quantitative estimate of drug-likeness (QED) is 0.585. The molecule has 1 amide bonds. The van der Waals surface area contributed by atoms with E-state index in [1.54, 1.807) is 24.3 Å². The number of fused-ring (bicyclic) bond motifs is 1. The van der Waals surface area contributed by atoms with Crippen LogP contribution < -0.4 is 11.5 Å². The van der Waals surface area contributed by atoms with Crippen LogP contribution in [0.15, 0.2) is 60.8 Å². The number of aromatic nitrogens is 1. The molecule has 1 heterocycles. The molecule has 0 aliphatic heterocycles. The van der Waals surface area contributed by atoms with Gasteiger partial charge in [0.15, 0.2) is 0 Å². The molecule has 0 saturated carbocycles. The van der Waals surface area contributed by atoms with E-state index < -0.39 is 12.0 Å². The molecule has 0 fully saturated rings. The molecular weight excluding hydrogens is 306 g/mol. The number of hydrogen-bond acceptors (Lipinski definition) is 3. The largest absolute Gasteiger partial charge is 0.480 e. The number of rotatable bonds is 4. The van der Waals surface area contributed by atoms with Crippen molar-refractivity contribution < 1.29 is 14.7 Å². The van der Waals surface area contributed by atoms with Crippen LogP contribution in [0, 0.1) is 0 Å². The van der Waals surface area contributed by atoms with E-state index in [0.29, 0.717) is 12.0 Å². The Morgan fingerprint density at radius 3 is 2.25 bits per heavy atom. The van der Waals surface area contributed by atoms with Crippen LogP contribution in [0.2, 0.25) is 0 Å². The van der Waals surface area contributed by atoms with E-state index in [4.69, 9.17) is 16.6 Å². The average molecular weight is 325 g/mol. The molecular formula is C18H19N3O3. The number of nitrogens with one attached hydrogen (secondary N) is 1. The van der Waals surface area contributed by atoms with Gasteiger partial charge in [0.25, 0.3) is 0 Å². The number of hydrogen-bond donors (Lipinski definition) is 4. The maximum Gasteiger partial charge on any atom is 0.320 e. The first-order valence-electron chi connectivity index (χ1n) is 7.37. The summed E-state index contributed by atoms with van der Waals surface area (Å²) in [5.74, 6) is -1.35. The fourth-order valence-electron chi connectivity index (χ4n) is 2.23. The highest BCUT2D eigenvalue weighted by Gasteiger charge is 2.14. The number of aliphatic carboxylic acids is 1. The van der Waals surface area contributed by atoms with Crippen LogP contribution in [-0.4, -0.2) is 28.0 Å². The van der Waals surface area contributed by atoms with Crippen LogP contribution in [-0.2, 0) is 11.2 Å². The Labute approximate surface area is 139 Å². The standard InChI is InChI=1S/C11H12N2O2.C7H7NO/c12-9(11(14)15)5-7-6-13-10-4-2-1-3-8(7)10;8-7(9)6-4-2-1-3-5-6/h1-4,6,9,13H,5,12H2,(H,14,15);1-5H,(H2,8,9)/t9-;/m0./s1. The van der Waals surface area contributed by atoms with Gasteiger partial charge < -0.3 is 21.6 Å². The Kier molecular flexibility index (Phi) is 5.70. The smallest absolute Gasteiger partial charge is 0.320 e. The fourth-order valence-corrected chi connectivity index (χ4v) is 2.23. The fraction of sp³-hybridized carbons (Fsp3) is 0.111. The SMILES string of the molecule is NC(=O)c1ccccc1.N[C@@H](Cc1c[nH]c2ccccc12)C(=O)O. The number of para-hydroxylation sites is 1. The summed E-state index contributed by atoms with van der Waals surface area (Å²) < 4.78 is 0. The second-order valence-corrected chi connectivity index (χ2v) is 5.24. The monoisotopic (exact) mass is 325 g/mol. The first kappa shape index (κ1) is 17.2. The Morgan fingerprint density at radius 2 is 1.67 bits per heavy atom. The molecule has 3 rings (SSSR count). The van der Waals surface area contributed by atoms with Crippen LogP contribution in [0.25, 0.3) is 10.9 Å². The molecule has 1 atom stereocenters. The molecule has 0 unspecified atom stereocenters. The second kappa shape index (κ2) is 7.94. The lowest BCUT2D eigenvalue weighted by atomic mass is 10.1. The highest BCUT2D eigenvalue weighted by atomic mass is 16.4. The minimum atomic E-state index is -0.972. The van der Waals surface area contributed by atoms with Crippen molar-refractivity contribution in [3.05, 3.63) is 71.9 Å². The van der Waals surface area contributed by atoms with Gasteiger partial charge in [-0.3, -0.25) is 9.59 Å². The Bertz CT molecular complexity index is 828. The van der Waals surface area contributed by atoms with Gasteiger partial charge >= 0.3 is 5.97 Å². The Hall–Kier alpha value is -3.12. The van der Waals surface area contributed by atoms with Crippen LogP contribution in [0.4, 0.5) is 0 Å². The first-order chi connectivity index (χ1) is 11.5. The number of primary amides is 1. The predicted molar refractivity (Wildman–Crippen MR) is 92.6 cm³/mol. The molecule has 0 aliphatic carbocycles. The molecule has 24 heavy (non-hydrogen) atoms. The van der Waals surface area contributed by atoms with Crippen molar-refractivity contribution in [3.63, 3.8) is 0 Å². The molecule has 0 aliphatic rings. The topological polar surface area (TPSA) is 122 Å². The average Bonchev–Trinajstić information content (AvgIpc) is 2.99. The molecule has 0 radical (unpaired) electrons. The number of carboxylic acid groups (broad SMARTS) is 1. The number of benzene rings is 2. The number of amides is 1. The minimum Gasteiger partial charge on any atom is -0.480 e. The zero-order valence-corrected chi connectivity index (χ0v) is 13.0. The number of carboxylic acids is 1. The van der Waals surface area contributed by atoms with Gasteiger partial charge in [0.2, 0.25) is 5.91 Å². The van der Waals surface area contributed by atoms with Crippen molar-refractivity contribution in [2.75, 3.05) is 0 Å². The highest BCUT2D eigenvalue weighted by molar-refractivity contribution is 5.92. The van der Waals surface area contributed by atoms with Crippen LogP contribution in [0.3, 0.4) is 0 Å². The molecule has 6 N–H and O–H groups in total.